The molecule has 1 unspecified atom stereocenters. The van der Waals surface area contributed by atoms with Crippen LogP contribution in [0.25, 0.3) is 0 Å². The molecule has 0 spiro atoms. The van der Waals surface area contributed by atoms with Crippen LogP contribution in [0.3, 0.4) is 0 Å². The van der Waals surface area contributed by atoms with Gasteiger partial charge in [0.2, 0.25) is 0 Å². The number of anilines is 1. The van der Waals surface area contributed by atoms with Crippen LogP contribution in [0.4, 0.5) is 5.69 Å². The first kappa shape index (κ1) is 15.0. The zero-order valence-electron chi connectivity index (χ0n) is 12.6. The first-order chi connectivity index (χ1) is 8.35. The van der Waals surface area contributed by atoms with E-state index < -0.39 is 0 Å². The van der Waals surface area contributed by atoms with Gasteiger partial charge in [0.1, 0.15) is 0 Å². The quantitative estimate of drug-likeness (QED) is 0.868. The van der Waals surface area contributed by atoms with Crippen molar-refractivity contribution in [2.24, 2.45) is 0 Å². The van der Waals surface area contributed by atoms with Crippen molar-refractivity contribution in [2.45, 2.75) is 59.2 Å². The first-order valence-corrected chi connectivity index (χ1v) is 6.76. The van der Waals surface area contributed by atoms with Gasteiger partial charge in [-0.2, -0.15) is 0 Å². The normalized spacial score (nSPS) is 13.4. The molecule has 0 saturated carbocycles. The highest BCUT2D eigenvalue weighted by molar-refractivity contribution is 5.52. The van der Waals surface area contributed by atoms with Crippen molar-refractivity contribution in [1.29, 1.82) is 0 Å². The van der Waals surface area contributed by atoms with E-state index in [0.29, 0.717) is 6.04 Å². The van der Waals surface area contributed by atoms with Crippen LogP contribution in [-0.2, 0) is 6.54 Å². The Morgan fingerprint density at radius 3 is 2.61 bits per heavy atom. The Labute approximate surface area is 112 Å². The summed E-state index contributed by atoms with van der Waals surface area (Å²) in [4.78, 5) is 6.58. The number of pyridine rings is 1. The van der Waals surface area contributed by atoms with Crippen LogP contribution in [0.1, 0.15) is 46.6 Å². The first-order valence-electron chi connectivity index (χ1n) is 6.76. The molecule has 0 radical (unpaired) electrons. The minimum absolute atomic E-state index is 0.127. The maximum absolute atomic E-state index is 4.25. The minimum atomic E-state index is 0.127. The molecule has 0 aliphatic heterocycles. The molecule has 0 fully saturated rings. The Bertz CT molecular complexity index is 368. The second kappa shape index (κ2) is 6.19. The summed E-state index contributed by atoms with van der Waals surface area (Å²) in [5.74, 6) is 0. The SMILES string of the molecule is CCC(C)N(C)c1ccncc1CNC(C)(C)C. The lowest BCUT2D eigenvalue weighted by Crippen LogP contribution is -2.36. The van der Waals surface area contributed by atoms with Gasteiger partial charge < -0.3 is 10.2 Å². The van der Waals surface area contributed by atoms with Gasteiger partial charge in [-0.15, -0.1) is 0 Å². The maximum atomic E-state index is 4.25. The van der Waals surface area contributed by atoms with Crippen LogP contribution >= 0.6 is 0 Å². The molecule has 0 amide bonds. The molecule has 102 valence electrons. The average Bonchev–Trinajstić information content (AvgIpc) is 2.34. The highest BCUT2D eigenvalue weighted by Gasteiger charge is 2.14. The minimum Gasteiger partial charge on any atom is -0.372 e. The monoisotopic (exact) mass is 249 g/mol. The van der Waals surface area contributed by atoms with E-state index >= 15 is 0 Å². The van der Waals surface area contributed by atoms with Gasteiger partial charge >= 0.3 is 0 Å². The predicted molar refractivity (Wildman–Crippen MR) is 79.0 cm³/mol. The molecule has 1 atom stereocenters. The molecule has 0 aliphatic rings. The van der Waals surface area contributed by atoms with E-state index in [-0.39, 0.29) is 5.54 Å². The fourth-order valence-electron chi connectivity index (χ4n) is 1.77. The molecule has 0 aromatic carbocycles. The second-order valence-electron chi connectivity index (χ2n) is 5.98. The topological polar surface area (TPSA) is 28.2 Å². The van der Waals surface area contributed by atoms with E-state index in [1.165, 1.54) is 11.3 Å². The number of nitrogens with one attached hydrogen (secondary N) is 1. The standard InChI is InChI=1S/C15H27N3/c1-7-12(2)18(6)14-8-9-16-10-13(14)11-17-15(3,4)5/h8-10,12,17H,7,11H2,1-6H3. The van der Waals surface area contributed by atoms with Gasteiger partial charge in [0.15, 0.2) is 0 Å². The fraction of sp³-hybridized carbons (Fsp3) is 0.667. The van der Waals surface area contributed by atoms with Gasteiger partial charge in [0.25, 0.3) is 0 Å². The van der Waals surface area contributed by atoms with Gasteiger partial charge in [-0.25, -0.2) is 0 Å². The zero-order valence-corrected chi connectivity index (χ0v) is 12.6. The second-order valence-corrected chi connectivity index (χ2v) is 5.98. The van der Waals surface area contributed by atoms with Crippen LogP contribution in [0.15, 0.2) is 18.5 Å². The highest BCUT2D eigenvalue weighted by Crippen LogP contribution is 2.21. The van der Waals surface area contributed by atoms with E-state index in [1.54, 1.807) is 0 Å². The third kappa shape index (κ3) is 4.30. The summed E-state index contributed by atoms with van der Waals surface area (Å²) in [5.41, 5.74) is 2.66. The molecule has 3 heteroatoms. The molecule has 0 saturated heterocycles. The fourth-order valence-corrected chi connectivity index (χ4v) is 1.77. The van der Waals surface area contributed by atoms with E-state index in [2.05, 4.69) is 62.9 Å². The third-order valence-electron chi connectivity index (χ3n) is 3.32. The van der Waals surface area contributed by atoms with Crippen molar-refractivity contribution in [3.05, 3.63) is 24.0 Å². The summed E-state index contributed by atoms with van der Waals surface area (Å²) < 4.78 is 0. The summed E-state index contributed by atoms with van der Waals surface area (Å²) in [6.07, 6.45) is 4.98. The van der Waals surface area contributed by atoms with Crippen LogP contribution in [-0.4, -0.2) is 23.6 Å². The molecule has 1 N–H and O–H groups in total. The van der Waals surface area contributed by atoms with Gasteiger partial charge in [0.05, 0.1) is 0 Å². The summed E-state index contributed by atoms with van der Waals surface area (Å²) in [6, 6.07) is 2.65. The Morgan fingerprint density at radius 2 is 2.06 bits per heavy atom. The lowest BCUT2D eigenvalue weighted by molar-refractivity contribution is 0.424. The van der Waals surface area contributed by atoms with Crippen molar-refractivity contribution in [3.63, 3.8) is 0 Å². The lowest BCUT2D eigenvalue weighted by Gasteiger charge is -2.29. The average molecular weight is 249 g/mol. The summed E-state index contributed by atoms with van der Waals surface area (Å²) >= 11 is 0. The largest absolute Gasteiger partial charge is 0.372 e. The number of nitrogens with zero attached hydrogens (tertiary/aromatic N) is 2. The number of rotatable bonds is 5. The van der Waals surface area contributed by atoms with Crippen LogP contribution < -0.4 is 10.2 Å². The van der Waals surface area contributed by atoms with E-state index in [4.69, 9.17) is 0 Å². The molecule has 1 aromatic heterocycles. The van der Waals surface area contributed by atoms with Crippen molar-refractivity contribution in [2.75, 3.05) is 11.9 Å². The Hall–Kier alpha value is -1.09. The smallest absolute Gasteiger partial charge is 0.0442 e. The number of hydrogen-bond acceptors (Lipinski definition) is 3. The lowest BCUT2D eigenvalue weighted by atomic mass is 10.1. The summed E-state index contributed by atoms with van der Waals surface area (Å²) in [7, 11) is 2.16. The molecule has 18 heavy (non-hydrogen) atoms. The Morgan fingerprint density at radius 1 is 1.39 bits per heavy atom. The van der Waals surface area contributed by atoms with Crippen LogP contribution in [0, 0.1) is 0 Å². The summed E-state index contributed by atoms with van der Waals surface area (Å²) in [5, 5.41) is 3.52. The van der Waals surface area contributed by atoms with E-state index in [9.17, 15) is 0 Å². The maximum Gasteiger partial charge on any atom is 0.0442 e. The highest BCUT2D eigenvalue weighted by atomic mass is 15.1. The number of aromatic nitrogens is 1. The molecule has 0 bridgehead atoms. The van der Waals surface area contributed by atoms with Crippen molar-refractivity contribution in [1.82, 2.24) is 10.3 Å². The van der Waals surface area contributed by atoms with Gasteiger partial charge in [-0.05, 0) is 40.2 Å². The van der Waals surface area contributed by atoms with Crippen molar-refractivity contribution in [3.8, 4) is 0 Å². The van der Waals surface area contributed by atoms with E-state index in [1.807, 2.05) is 12.4 Å². The van der Waals surface area contributed by atoms with Crippen LogP contribution in [0.5, 0.6) is 0 Å². The zero-order chi connectivity index (χ0) is 13.8. The van der Waals surface area contributed by atoms with Crippen molar-refractivity contribution < 1.29 is 0 Å². The van der Waals surface area contributed by atoms with Gasteiger partial charge in [0, 0.05) is 48.8 Å². The summed E-state index contributed by atoms with van der Waals surface area (Å²) in [6.45, 7) is 11.9. The molecule has 3 nitrogen and oxygen atoms in total. The molecule has 0 aliphatic carbocycles. The molecule has 1 rings (SSSR count). The molecule has 1 aromatic rings. The van der Waals surface area contributed by atoms with Gasteiger partial charge in [-0.3, -0.25) is 4.98 Å². The molecule has 1 heterocycles. The Balaban J connectivity index is 2.86. The van der Waals surface area contributed by atoms with E-state index in [0.717, 1.165) is 13.0 Å². The number of hydrogen-bond donors (Lipinski definition) is 1. The van der Waals surface area contributed by atoms with Crippen LogP contribution in [0.2, 0.25) is 0 Å². The van der Waals surface area contributed by atoms with Gasteiger partial charge in [-0.1, -0.05) is 6.92 Å². The molecular formula is C15H27N3. The predicted octanol–water partition coefficient (Wildman–Crippen LogP) is 3.20. The molecular weight excluding hydrogens is 222 g/mol. The Kier molecular flexibility index (Phi) is 5.15. The van der Waals surface area contributed by atoms with Crippen molar-refractivity contribution >= 4 is 5.69 Å². The third-order valence-corrected chi connectivity index (χ3v) is 3.32.